The molecule has 0 fully saturated rings. The van der Waals surface area contributed by atoms with Crippen molar-refractivity contribution in [1.29, 1.82) is 0 Å². The molecule has 3 heteroatoms. The zero-order chi connectivity index (χ0) is 11.1. The monoisotopic (exact) mass is 309 g/mol. The fraction of sp³-hybridized carbons (Fsp3) is 0.545. The molecule has 0 amide bonds. The van der Waals surface area contributed by atoms with Gasteiger partial charge in [0.1, 0.15) is 0 Å². The molecule has 1 rings (SSSR count). The second kappa shape index (κ2) is 8.14. The van der Waals surface area contributed by atoms with Crippen molar-refractivity contribution in [2.45, 2.75) is 27.7 Å². The van der Waals surface area contributed by atoms with Crippen molar-refractivity contribution in [2.75, 3.05) is 0 Å². The fourth-order valence-corrected chi connectivity index (χ4v) is 1.50. The SMILES string of the molecule is CC(C)C1=C(C(C)C)C=C[CH]1.[Cl][Zr][Cl]. The molecule has 0 N–H and O–H groups in total. The molecule has 0 aromatic carbocycles. The molecular weight excluding hydrogens is 294 g/mol. The molecule has 0 aromatic rings. The van der Waals surface area contributed by atoms with Crippen LogP contribution in [-0.2, 0) is 20.8 Å². The summed E-state index contributed by atoms with van der Waals surface area (Å²) in [7, 11) is 9.87. The standard InChI is InChI=1S/C11H17.2ClH.Zr/c1-8(2)10-6-5-7-11(10)9(3)4;;;/h5-9H,1-4H3;2*1H;/q;;;+2/p-2. The summed E-state index contributed by atoms with van der Waals surface area (Å²) in [5.74, 6) is 1.34. The first-order chi connectivity index (χ1) is 6.54. The van der Waals surface area contributed by atoms with E-state index in [-0.39, 0.29) is 0 Å². The average Bonchev–Trinajstić information content (AvgIpc) is 2.52. The van der Waals surface area contributed by atoms with Gasteiger partial charge in [0.2, 0.25) is 0 Å². The molecule has 0 nitrogen and oxygen atoms in total. The molecule has 0 unspecified atom stereocenters. The Morgan fingerprint density at radius 1 is 1.00 bits per heavy atom. The number of allylic oxidation sites excluding steroid dienone is 4. The van der Waals surface area contributed by atoms with Gasteiger partial charge in [0.25, 0.3) is 0 Å². The Morgan fingerprint density at radius 3 is 1.71 bits per heavy atom. The topological polar surface area (TPSA) is 0 Å². The van der Waals surface area contributed by atoms with Crippen LogP contribution in [0.5, 0.6) is 0 Å². The molecule has 0 bridgehead atoms. The van der Waals surface area contributed by atoms with E-state index in [9.17, 15) is 0 Å². The summed E-state index contributed by atoms with van der Waals surface area (Å²) in [5.41, 5.74) is 3.03. The van der Waals surface area contributed by atoms with Crippen LogP contribution in [0.25, 0.3) is 0 Å². The summed E-state index contributed by atoms with van der Waals surface area (Å²) < 4.78 is 0. The van der Waals surface area contributed by atoms with E-state index in [2.05, 4.69) is 46.3 Å². The van der Waals surface area contributed by atoms with Crippen molar-refractivity contribution in [2.24, 2.45) is 11.8 Å². The zero-order valence-corrected chi connectivity index (χ0v) is 13.1. The van der Waals surface area contributed by atoms with E-state index in [4.69, 9.17) is 17.0 Å². The first-order valence-electron chi connectivity index (χ1n) is 4.76. The summed E-state index contributed by atoms with van der Waals surface area (Å²) >= 11 is -0.826. The molecule has 79 valence electrons. The fourth-order valence-electron chi connectivity index (χ4n) is 1.50. The van der Waals surface area contributed by atoms with Gasteiger partial charge in [0.05, 0.1) is 0 Å². The molecule has 1 aliphatic carbocycles. The summed E-state index contributed by atoms with van der Waals surface area (Å²) in [6, 6.07) is 0. The number of hydrogen-bond acceptors (Lipinski definition) is 0. The van der Waals surface area contributed by atoms with Crippen LogP contribution in [0.4, 0.5) is 0 Å². The molecule has 0 spiro atoms. The van der Waals surface area contributed by atoms with Crippen LogP contribution in [-0.4, -0.2) is 0 Å². The van der Waals surface area contributed by atoms with Crippen molar-refractivity contribution >= 4 is 17.0 Å². The van der Waals surface area contributed by atoms with Gasteiger partial charge in [-0.15, -0.1) is 0 Å². The van der Waals surface area contributed by atoms with Gasteiger partial charge in [-0.2, -0.15) is 0 Å². The molecule has 0 aliphatic heterocycles. The third-order valence-corrected chi connectivity index (χ3v) is 2.13. The Bertz CT molecular complexity index is 217. The Hall–Kier alpha value is 0.943. The van der Waals surface area contributed by atoms with E-state index in [1.165, 1.54) is 11.1 Å². The third kappa shape index (κ3) is 5.14. The van der Waals surface area contributed by atoms with Gasteiger partial charge in [0, 0.05) is 6.42 Å². The zero-order valence-electron chi connectivity index (χ0n) is 9.14. The van der Waals surface area contributed by atoms with Crippen molar-refractivity contribution < 1.29 is 20.8 Å². The predicted molar refractivity (Wildman–Crippen MR) is 61.8 cm³/mol. The van der Waals surface area contributed by atoms with Crippen LogP contribution in [0.3, 0.4) is 0 Å². The van der Waals surface area contributed by atoms with E-state index in [0.717, 1.165) is 0 Å². The Morgan fingerprint density at radius 2 is 1.43 bits per heavy atom. The van der Waals surface area contributed by atoms with E-state index >= 15 is 0 Å². The Kier molecular flexibility index (Phi) is 8.68. The maximum absolute atomic E-state index is 4.93. The van der Waals surface area contributed by atoms with Crippen molar-refractivity contribution in [1.82, 2.24) is 0 Å². The van der Waals surface area contributed by atoms with Gasteiger partial charge in [0.15, 0.2) is 0 Å². The van der Waals surface area contributed by atoms with Gasteiger partial charge < -0.3 is 0 Å². The van der Waals surface area contributed by atoms with Gasteiger partial charge in [-0.1, -0.05) is 45.4 Å². The van der Waals surface area contributed by atoms with Gasteiger partial charge in [-0.3, -0.25) is 0 Å². The normalized spacial score (nSPS) is 14.9. The van der Waals surface area contributed by atoms with E-state index < -0.39 is 20.8 Å². The molecule has 0 aromatic heterocycles. The Labute approximate surface area is 106 Å². The molecule has 1 aliphatic rings. The minimum absolute atomic E-state index is 0.669. The maximum atomic E-state index is 4.93. The van der Waals surface area contributed by atoms with Crippen LogP contribution >= 0.6 is 17.0 Å². The molecular formula is C11H17Cl2Zr. The summed E-state index contributed by atoms with van der Waals surface area (Å²) in [5, 5.41) is 0. The van der Waals surface area contributed by atoms with Crippen LogP contribution in [0, 0.1) is 18.3 Å². The van der Waals surface area contributed by atoms with E-state index in [0.29, 0.717) is 11.8 Å². The second-order valence-corrected chi connectivity index (χ2v) is 7.55. The minimum atomic E-state index is -0.826. The van der Waals surface area contributed by atoms with E-state index in [1.807, 2.05) is 0 Å². The number of hydrogen-bond donors (Lipinski definition) is 0. The van der Waals surface area contributed by atoms with E-state index in [1.54, 1.807) is 0 Å². The number of halogens is 2. The quantitative estimate of drug-likeness (QED) is 0.690. The first kappa shape index (κ1) is 14.9. The van der Waals surface area contributed by atoms with Crippen LogP contribution in [0.1, 0.15) is 27.7 Å². The molecule has 0 heterocycles. The average molecular weight is 311 g/mol. The molecule has 14 heavy (non-hydrogen) atoms. The van der Waals surface area contributed by atoms with Crippen LogP contribution in [0.2, 0.25) is 0 Å². The van der Waals surface area contributed by atoms with Gasteiger partial charge in [-0.25, -0.2) is 0 Å². The number of rotatable bonds is 2. The van der Waals surface area contributed by atoms with Gasteiger partial charge in [-0.05, 0) is 17.4 Å². The van der Waals surface area contributed by atoms with Crippen LogP contribution in [0.15, 0.2) is 23.3 Å². The molecule has 0 saturated heterocycles. The summed E-state index contributed by atoms with van der Waals surface area (Å²) in [6.07, 6.45) is 6.63. The van der Waals surface area contributed by atoms with Crippen molar-refractivity contribution in [3.63, 3.8) is 0 Å². The first-order valence-corrected chi connectivity index (χ1v) is 11.1. The molecule has 0 atom stereocenters. The van der Waals surface area contributed by atoms with Crippen molar-refractivity contribution in [3.8, 4) is 0 Å². The van der Waals surface area contributed by atoms with Crippen molar-refractivity contribution in [3.05, 3.63) is 29.7 Å². The third-order valence-electron chi connectivity index (χ3n) is 2.13. The van der Waals surface area contributed by atoms with Crippen LogP contribution < -0.4 is 0 Å². The summed E-state index contributed by atoms with van der Waals surface area (Å²) in [4.78, 5) is 0. The molecule has 1 radical (unpaired) electrons. The second-order valence-electron chi connectivity index (χ2n) is 3.82. The molecule has 0 saturated carbocycles. The predicted octanol–water partition coefficient (Wildman–Crippen LogP) is 4.75. The summed E-state index contributed by atoms with van der Waals surface area (Å²) in [6.45, 7) is 9.00. The van der Waals surface area contributed by atoms with Gasteiger partial charge >= 0.3 is 37.9 Å². The Balaban J connectivity index is 0.000000500.